The van der Waals surface area contributed by atoms with E-state index in [1.54, 1.807) is 11.6 Å². The monoisotopic (exact) mass is 395 g/mol. The van der Waals surface area contributed by atoms with Crippen molar-refractivity contribution in [2.75, 3.05) is 25.9 Å². The summed E-state index contributed by atoms with van der Waals surface area (Å²) in [4.78, 5) is 16.3. The van der Waals surface area contributed by atoms with Crippen molar-refractivity contribution in [2.45, 2.75) is 44.9 Å². The maximum atomic E-state index is 6.16. The first kappa shape index (κ1) is 18.1. The predicted octanol–water partition coefficient (Wildman–Crippen LogP) is 1.69. The topological polar surface area (TPSA) is 103 Å². The highest BCUT2D eigenvalue weighted by Crippen LogP contribution is 2.28. The number of piperidine rings is 1. The van der Waals surface area contributed by atoms with Crippen molar-refractivity contribution in [1.29, 1.82) is 0 Å². The van der Waals surface area contributed by atoms with Crippen LogP contribution in [0.4, 0.5) is 5.95 Å². The Bertz CT molecular complexity index is 1110. The summed E-state index contributed by atoms with van der Waals surface area (Å²) >= 11 is 0. The largest absolute Gasteiger partial charge is 0.494 e. The van der Waals surface area contributed by atoms with Gasteiger partial charge in [-0.15, -0.1) is 5.10 Å². The van der Waals surface area contributed by atoms with E-state index in [1.165, 1.54) is 0 Å². The minimum absolute atomic E-state index is 0.163. The Morgan fingerprint density at radius 1 is 1.34 bits per heavy atom. The Kier molecular flexibility index (Phi) is 4.27. The van der Waals surface area contributed by atoms with Crippen molar-refractivity contribution in [3.05, 3.63) is 24.0 Å². The zero-order valence-electron chi connectivity index (χ0n) is 16.9. The van der Waals surface area contributed by atoms with E-state index in [2.05, 4.69) is 26.9 Å². The number of aromatic nitrogens is 4. The molecule has 9 heteroatoms. The first-order valence-electron chi connectivity index (χ1n) is 9.96. The summed E-state index contributed by atoms with van der Waals surface area (Å²) in [6.45, 7) is 6.02. The van der Waals surface area contributed by atoms with Crippen LogP contribution < -0.4 is 10.5 Å². The summed E-state index contributed by atoms with van der Waals surface area (Å²) in [5.41, 5.74) is 7.56. The zero-order chi connectivity index (χ0) is 20.1. The third kappa shape index (κ3) is 3.05. The highest BCUT2D eigenvalue weighted by atomic mass is 16.5. The molecule has 9 nitrogen and oxygen atoms in total. The molecule has 3 atom stereocenters. The van der Waals surface area contributed by atoms with Crippen molar-refractivity contribution < 1.29 is 9.47 Å². The van der Waals surface area contributed by atoms with Crippen LogP contribution in [0.1, 0.15) is 26.1 Å². The van der Waals surface area contributed by atoms with Gasteiger partial charge in [-0.3, -0.25) is 4.90 Å². The van der Waals surface area contributed by atoms with E-state index >= 15 is 0 Å². The molecule has 1 aromatic carbocycles. The van der Waals surface area contributed by atoms with E-state index in [-0.39, 0.29) is 12.1 Å². The number of likely N-dealkylation sites (tertiary alicyclic amines) is 1. The van der Waals surface area contributed by atoms with Crippen LogP contribution in [0.25, 0.3) is 16.6 Å². The molecule has 2 aliphatic rings. The van der Waals surface area contributed by atoms with Gasteiger partial charge in [0.05, 0.1) is 13.2 Å². The van der Waals surface area contributed by atoms with Crippen LogP contribution in [0.2, 0.25) is 0 Å². The summed E-state index contributed by atoms with van der Waals surface area (Å²) < 4.78 is 12.9. The smallest absolute Gasteiger partial charge is 0.223 e. The van der Waals surface area contributed by atoms with Crippen LogP contribution in [-0.4, -0.2) is 68.8 Å². The highest BCUT2D eigenvalue weighted by molar-refractivity contribution is 5.95. The maximum Gasteiger partial charge on any atom is 0.223 e. The predicted molar refractivity (Wildman–Crippen MR) is 110 cm³/mol. The Morgan fingerprint density at radius 2 is 2.21 bits per heavy atom. The number of methoxy groups -OCH3 is 1. The molecular formula is C20H25N7O2. The Hall–Kier alpha value is -2.94. The number of hydrogen-bond acceptors (Lipinski definition) is 8. The molecule has 3 unspecified atom stereocenters. The van der Waals surface area contributed by atoms with Crippen LogP contribution in [0.3, 0.4) is 0 Å². The van der Waals surface area contributed by atoms with Crippen LogP contribution in [0.15, 0.2) is 23.2 Å². The standard InChI is InChI=1S/C20H25N7O2/c1-11(26-8-7-14-16(10-26)29-12(2)22-14)9-17-23-19-13-5-4-6-15(28-3)18(13)24-20(21)27(19)25-17/h4-6,11,14,16H,7-10H2,1-3H3,(H2,21,24). The van der Waals surface area contributed by atoms with Gasteiger partial charge in [-0.25, -0.2) is 15.0 Å². The third-order valence-corrected chi connectivity index (χ3v) is 5.88. The van der Waals surface area contributed by atoms with Crippen molar-refractivity contribution in [3.8, 4) is 5.75 Å². The lowest BCUT2D eigenvalue weighted by Gasteiger charge is -2.36. The van der Waals surface area contributed by atoms with E-state index in [0.717, 1.165) is 43.0 Å². The molecule has 0 aliphatic carbocycles. The number of aliphatic imine (C=N–C) groups is 1. The summed E-state index contributed by atoms with van der Waals surface area (Å²) in [5, 5.41) is 5.50. The number of rotatable bonds is 4. The van der Waals surface area contributed by atoms with Gasteiger partial charge in [0.15, 0.2) is 17.4 Å². The SMILES string of the molecule is COc1cccc2c1nc(N)n1nc(CC(C)N3CCC4N=C(C)OC4C3)nc21. The normalized spacial score (nSPS) is 23.1. The van der Waals surface area contributed by atoms with E-state index in [4.69, 9.17) is 20.2 Å². The van der Waals surface area contributed by atoms with Gasteiger partial charge in [-0.1, -0.05) is 6.07 Å². The van der Waals surface area contributed by atoms with E-state index < -0.39 is 0 Å². The molecule has 3 aromatic rings. The number of nitrogens with two attached hydrogens (primary N) is 1. The molecule has 0 amide bonds. The van der Waals surface area contributed by atoms with Gasteiger partial charge in [0.2, 0.25) is 5.95 Å². The molecule has 0 spiro atoms. The van der Waals surface area contributed by atoms with Crippen LogP contribution in [-0.2, 0) is 11.2 Å². The number of para-hydroxylation sites is 1. The van der Waals surface area contributed by atoms with Gasteiger partial charge in [-0.2, -0.15) is 4.52 Å². The average molecular weight is 395 g/mol. The van der Waals surface area contributed by atoms with Gasteiger partial charge >= 0.3 is 0 Å². The van der Waals surface area contributed by atoms with Gasteiger partial charge in [0.1, 0.15) is 17.4 Å². The van der Waals surface area contributed by atoms with E-state index in [9.17, 15) is 0 Å². The molecule has 0 bridgehead atoms. The Morgan fingerprint density at radius 3 is 3.03 bits per heavy atom. The Labute approximate surface area is 168 Å². The minimum Gasteiger partial charge on any atom is -0.494 e. The number of nitrogen functional groups attached to an aromatic ring is 1. The second-order valence-electron chi connectivity index (χ2n) is 7.80. The molecule has 0 saturated carbocycles. The van der Waals surface area contributed by atoms with E-state index in [0.29, 0.717) is 28.9 Å². The second kappa shape index (κ2) is 6.84. The summed E-state index contributed by atoms with van der Waals surface area (Å²) in [6, 6.07) is 6.34. The zero-order valence-corrected chi connectivity index (χ0v) is 16.9. The second-order valence-corrected chi connectivity index (χ2v) is 7.80. The molecule has 1 saturated heterocycles. The molecule has 2 aromatic heterocycles. The highest BCUT2D eigenvalue weighted by Gasteiger charge is 2.36. The Balaban J connectivity index is 1.41. The molecule has 29 heavy (non-hydrogen) atoms. The molecular weight excluding hydrogens is 370 g/mol. The quantitative estimate of drug-likeness (QED) is 0.717. The fourth-order valence-electron chi connectivity index (χ4n) is 4.39. The van der Waals surface area contributed by atoms with E-state index in [1.807, 2.05) is 25.1 Å². The molecule has 5 rings (SSSR count). The van der Waals surface area contributed by atoms with Crippen molar-refractivity contribution in [1.82, 2.24) is 24.5 Å². The van der Waals surface area contributed by atoms with Crippen molar-refractivity contribution in [2.24, 2.45) is 4.99 Å². The van der Waals surface area contributed by atoms with Gasteiger partial charge in [0, 0.05) is 37.9 Å². The van der Waals surface area contributed by atoms with Gasteiger partial charge in [-0.05, 0) is 25.5 Å². The first-order chi connectivity index (χ1) is 14.0. The molecule has 1 fully saturated rings. The maximum absolute atomic E-state index is 6.16. The lowest BCUT2D eigenvalue weighted by Crippen LogP contribution is -2.49. The number of anilines is 1. The van der Waals surface area contributed by atoms with Crippen LogP contribution in [0, 0.1) is 0 Å². The van der Waals surface area contributed by atoms with Gasteiger partial charge in [0.25, 0.3) is 0 Å². The van der Waals surface area contributed by atoms with Crippen molar-refractivity contribution in [3.63, 3.8) is 0 Å². The lowest BCUT2D eigenvalue weighted by molar-refractivity contribution is 0.0617. The summed E-state index contributed by atoms with van der Waals surface area (Å²) in [6.07, 6.45) is 1.91. The minimum atomic E-state index is 0.163. The number of ether oxygens (including phenoxy) is 2. The molecule has 152 valence electrons. The summed E-state index contributed by atoms with van der Waals surface area (Å²) in [5.74, 6) is 2.53. The number of hydrogen-bond donors (Lipinski definition) is 1. The number of fused-ring (bicyclic) bond motifs is 4. The van der Waals surface area contributed by atoms with Crippen molar-refractivity contribution >= 4 is 28.4 Å². The van der Waals surface area contributed by atoms with Crippen LogP contribution in [0.5, 0.6) is 5.75 Å². The molecule has 2 N–H and O–H groups in total. The third-order valence-electron chi connectivity index (χ3n) is 5.88. The number of nitrogens with zero attached hydrogens (tertiary/aromatic N) is 6. The average Bonchev–Trinajstić information content (AvgIpc) is 3.30. The first-order valence-corrected chi connectivity index (χ1v) is 9.96. The lowest BCUT2D eigenvalue weighted by atomic mass is 10.0. The van der Waals surface area contributed by atoms with Crippen LogP contribution >= 0.6 is 0 Å². The number of benzene rings is 1. The molecule has 2 aliphatic heterocycles. The van der Waals surface area contributed by atoms with Gasteiger partial charge < -0.3 is 15.2 Å². The fourth-order valence-corrected chi connectivity index (χ4v) is 4.39. The summed E-state index contributed by atoms with van der Waals surface area (Å²) in [7, 11) is 1.62. The molecule has 4 heterocycles. The fraction of sp³-hybridized carbons (Fsp3) is 0.500. The molecule has 0 radical (unpaired) electrons.